The van der Waals surface area contributed by atoms with E-state index in [0.717, 1.165) is 0 Å². The van der Waals surface area contributed by atoms with E-state index in [2.05, 4.69) is 11.8 Å². The Morgan fingerprint density at radius 1 is 1.46 bits per heavy atom. The van der Waals surface area contributed by atoms with Crippen LogP contribution >= 0.6 is 0 Å². The largest absolute Gasteiger partial charge is 0.273 e. The highest BCUT2D eigenvalue weighted by Gasteiger charge is 2.09. The molecule has 0 aliphatic heterocycles. The molecule has 0 spiro atoms. The molecule has 0 aliphatic rings. The molecular formula is C10H9NO2. The first-order valence-corrected chi connectivity index (χ1v) is 3.87. The molecule has 66 valence electrons. The fourth-order valence-electron chi connectivity index (χ4n) is 1.02. The van der Waals surface area contributed by atoms with Gasteiger partial charge in [-0.25, -0.2) is 0 Å². The van der Waals surface area contributed by atoms with Crippen molar-refractivity contribution in [3.63, 3.8) is 0 Å². The number of hydrogen-bond donors (Lipinski definition) is 0. The van der Waals surface area contributed by atoms with Gasteiger partial charge < -0.3 is 0 Å². The third kappa shape index (κ3) is 2.31. The van der Waals surface area contributed by atoms with Gasteiger partial charge in [-0.2, -0.15) is 0 Å². The summed E-state index contributed by atoms with van der Waals surface area (Å²) in [5, 5.41) is 10.5. The van der Waals surface area contributed by atoms with E-state index < -0.39 is 0 Å². The zero-order chi connectivity index (χ0) is 9.68. The number of rotatable bonds is 2. The average Bonchev–Trinajstić information content (AvgIpc) is 2.15. The third-order valence-electron chi connectivity index (χ3n) is 1.64. The maximum atomic E-state index is 10.5. The van der Waals surface area contributed by atoms with E-state index in [9.17, 15) is 10.1 Å². The number of nitro groups is 1. The first kappa shape index (κ1) is 9.27. The Morgan fingerprint density at radius 3 is 2.77 bits per heavy atom. The van der Waals surface area contributed by atoms with Crippen molar-refractivity contribution in [2.45, 2.75) is 13.3 Å². The summed E-state index contributed by atoms with van der Waals surface area (Å²) in [5.41, 5.74) is 0.812. The summed E-state index contributed by atoms with van der Waals surface area (Å²) >= 11 is 0. The second kappa shape index (κ2) is 4.27. The Labute approximate surface area is 76.5 Å². The van der Waals surface area contributed by atoms with Crippen LogP contribution in [0.5, 0.6) is 0 Å². The molecule has 0 bridgehead atoms. The lowest BCUT2D eigenvalue weighted by Crippen LogP contribution is -1.93. The van der Waals surface area contributed by atoms with Crippen molar-refractivity contribution >= 4 is 5.69 Å². The quantitative estimate of drug-likeness (QED) is 0.392. The normalized spacial score (nSPS) is 8.69. The maximum absolute atomic E-state index is 10.5. The van der Waals surface area contributed by atoms with E-state index in [4.69, 9.17) is 0 Å². The van der Waals surface area contributed by atoms with Crippen LogP contribution in [0.2, 0.25) is 0 Å². The molecular weight excluding hydrogens is 166 g/mol. The van der Waals surface area contributed by atoms with Gasteiger partial charge in [0.15, 0.2) is 0 Å². The molecule has 0 saturated heterocycles. The minimum atomic E-state index is -0.382. The van der Waals surface area contributed by atoms with Crippen LogP contribution in [0.25, 0.3) is 0 Å². The molecule has 3 nitrogen and oxygen atoms in total. The van der Waals surface area contributed by atoms with Crippen LogP contribution in [0.4, 0.5) is 5.69 Å². The fourth-order valence-corrected chi connectivity index (χ4v) is 1.02. The zero-order valence-electron chi connectivity index (χ0n) is 7.28. The molecule has 0 atom stereocenters. The van der Waals surface area contributed by atoms with Crippen LogP contribution < -0.4 is 0 Å². The molecule has 1 aromatic carbocycles. The summed E-state index contributed by atoms with van der Waals surface area (Å²) in [6.45, 7) is 1.72. The monoisotopic (exact) mass is 175 g/mol. The first-order valence-electron chi connectivity index (χ1n) is 3.87. The van der Waals surface area contributed by atoms with Gasteiger partial charge in [-0.05, 0) is 6.92 Å². The summed E-state index contributed by atoms with van der Waals surface area (Å²) in [7, 11) is 0. The predicted octanol–water partition coefficient (Wildman–Crippen LogP) is 2.16. The highest BCUT2D eigenvalue weighted by molar-refractivity contribution is 5.41. The van der Waals surface area contributed by atoms with E-state index in [0.29, 0.717) is 12.0 Å². The molecule has 0 fully saturated rings. The zero-order valence-corrected chi connectivity index (χ0v) is 7.28. The Hall–Kier alpha value is -1.82. The fraction of sp³-hybridized carbons (Fsp3) is 0.200. The Balaban J connectivity index is 3.02. The Morgan fingerprint density at radius 2 is 2.15 bits per heavy atom. The molecule has 0 N–H and O–H groups in total. The van der Waals surface area contributed by atoms with Crippen LogP contribution in [-0.4, -0.2) is 4.92 Å². The van der Waals surface area contributed by atoms with Crippen LogP contribution in [-0.2, 0) is 6.42 Å². The van der Waals surface area contributed by atoms with Crippen LogP contribution in [0.1, 0.15) is 12.5 Å². The van der Waals surface area contributed by atoms with Crippen molar-refractivity contribution in [1.82, 2.24) is 0 Å². The molecule has 0 heterocycles. The van der Waals surface area contributed by atoms with Crippen molar-refractivity contribution in [2.75, 3.05) is 0 Å². The lowest BCUT2D eigenvalue weighted by Gasteiger charge is -1.96. The van der Waals surface area contributed by atoms with Gasteiger partial charge in [0.05, 0.1) is 4.92 Å². The first-order chi connectivity index (χ1) is 6.25. The van der Waals surface area contributed by atoms with Crippen molar-refractivity contribution in [2.24, 2.45) is 0 Å². The second-order valence-corrected chi connectivity index (χ2v) is 2.49. The summed E-state index contributed by atoms with van der Waals surface area (Å²) in [5.74, 6) is 5.52. The van der Waals surface area contributed by atoms with Gasteiger partial charge in [0, 0.05) is 18.1 Å². The van der Waals surface area contributed by atoms with Crippen molar-refractivity contribution in [3.8, 4) is 11.8 Å². The van der Waals surface area contributed by atoms with Crippen LogP contribution in [0.15, 0.2) is 24.3 Å². The number of nitrogens with zero attached hydrogens (tertiary/aromatic N) is 1. The standard InChI is InChI=1S/C10H9NO2/c1-2-3-6-9-7-4-5-8-10(9)11(12)13/h4-5,7-8H,6H2,1H3. The maximum Gasteiger partial charge on any atom is 0.273 e. The Bertz CT molecular complexity index is 374. The molecule has 1 rings (SSSR count). The molecule has 13 heavy (non-hydrogen) atoms. The molecule has 0 unspecified atom stereocenters. The second-order valence-electron chi connectivity index (χ2n) is 2.49. The van der Waals surface area contributed by atoms with Crippen LogP contribution in [0, 0.1) is 22.0 Å². The smallest absolute Gasteiger partial charge is 0.258 e. The summed E-state index contributed by atoms with van der Waals surface area (Å²) in [6.07, 6.45) is 0.438. The Kier molecular flexibility index (Phi) is 3.04. The minimum Gasteiger partial charge on any atom is -0.258 e. The van der Waals surface area contributed by atoms with Gasteiger partial charge in [0.1, 0.15) is 0 Å². The summed E-state index contributed by atoms with van der Waals surface area (Å²) in [6, 6.07) is 6.65. The molecule has 1 aromatic rings. The molecule has 0 saturated carbocycles. The topological polar surface area (TPSA) is 43.1 Å². The molecule has 0 aliphatic carbocycles. The van der Waals surface area contributed by atoms with Crippen molar-refractivity contribution < 1.29 is 4.92 Å². The highest BCUT2D eigenvalue weighted by Crippen LogP contribution is 2.17. The lowest BCUT2D eigenvalue weighted by molar-refractivity contribution is -0.385. The number of para-hydroxylation sites is 1. The van der Waals surface area contributed by atoms with Gasteiger partial charge in [-0.1, -0.05) is 24.1 Å². The predicted molar refractivity (Wildman–Crippen MR) is 50.3 cm³/mol. The number of hydrogen-bond acceptors (Lipinski definition) is 2. The summed E-state index contributed by atoms with van der Waals surface area (Å²) < 4.78 is 0. The van der Waals surface area contributed by atoms with Crippen molar-refractivity contribution in [3.05, 3.63) is 39.9 Å². The van der Waals surface area contributed by atoms with E-state index in [1.54, 1.807) is 25.1 Å². The number of benzene rings is 1. The SMILES string of the molecule is CC#CCc1ccccc1[N+](=O)[O-]. The minimum absolute atomic E-state index is 0.144. The van der Waals surface area contributed by atoms with Gasteiger partial charge in [0.25, 0.3) is 5.69 Å². The molecule has 0 aromatic heterocycles. The van der Waals surface area contributed by atoms with Gasteiger partial charge in [-0.15, -0.1) is 5.92 Å². The summed E-state index contributed by atoms with van der Waals surface area (Å²) in [4.78, 5) is 10.2. The van der Waals surface area contributed by atoms with Gasteiger partial charge in [0.2, 0.25) is 0 Å². The molecule has 3 heteroatoms. The third-order valence-corrected chi connectivity index (χ3v) is 1.64. The van der Waals surface area contributed by atoms with Gasteiger partial charge in [-0.3, -0.25) is 10.1 Å². The lowest BCUT2D eigenvalue weighted by atomic mass is 10.1. The van der Waals surface area contributed by atoms with Crippen LogP contribution in [0.3, 0.4) is 0 Å². The van der Waals surface area contributed by atoms with E-state index in [-0.39, 0.29) is 10.6 Å². The average molecular weight is 175 g/mol. The van der Waals surface area contributed by atoms with Gasteiger partial charge >= 0.3 is 0 Å². The van der Waals surface area contributed by atoms with E-state index >= 15 is 0 Å². The van der Waals surface area contributed by atoms with Crippen molar-refractivity contribution in [1.29, 1.82) is 0 Å². The van der Waals surface area contributed by atoms with E-state index in [1.807, 2.05) is 0 Å². The molecule has 0 amide bonds. The number of nitro benzene ring substituents is 1. The van der Waals surface area contributed by atoms with E-state index in [1.165, 1.54) is 6.07 Å². The molecule has 0 radical (unpaired) electrons. The highest BCUT2D eigenvalue weighted by atomic mass is 16.6.